The Morgan fingerprint density at radius 1 is 1.07 bits per heavy atom. The van der Waals surface area contributed by atoms with Gasteiger partial charge in [-0.15, -0.1) is 0 Å². The van der Waals surface area contributed by atoms with E-state index in [0.717, 1.165) is 12.8 Å². The number of imide groups is 1. The van der Waals surface area contributed by atoms with Crippen LogP contribution in [0.2, 0.25) is 5.02 Å². The lowest BCUT2D eigenvalue weighted by atomic mass is 9.86. The fourth-order valence-corrected chi connectivity index (χ4v) is 8.93. The van der Waals surface area contributed by atoms with Crippen LogP contribution < -0.4 is 31.1 Å². The second-order valence-electron chi connectivity index (χ2n) is 16.3. The minimum absolute atomic E-state index is 0.0123. The zero-order chi connectivity index (χ0) is 43.1. The first kappa shape index (κ1) is 42.0. The molecule has 4 aromatic heterocycles. The number of aryl methyl sites for hydroxylation is 1. The highest BCUT2D eigenvalue weighted by Gasteiger charge is 2.35. The van der Waals surface area contributed by atoms with Crippen molar-refractivity contribution in [2.45, 2.75) is 70.0 Å². The highest BCUT2D eigenvalue weighted by atomic mass is 35.5. The predicted molar refractivity (Wildman–Crippen MR) is 226 cm³/mol. The molecule has 1 unspecified atom stereocenters. The highest BCUT2D eigenvalue weighted by Crippen LogP contribution is 2.38. The van der Waals surface area contributed by atoms with Gasteiger partial charge in [-0.2, -0.15) is 10.1 Å². The van der Waals surface area contributed by atoms with Crippen molar-refractivity contribution in [1.82, 2.24) is 44.8 Å². The zero-order valence-electron chi connectivity index (χ0n) is 34.4. The van der Waals surface area contributed by atoms with Crippen LogP contribution in [0.4, 0.5) is 26.2 Å². The molecular formula is C42H48ClF2N11O5. The number of amides is 3. The van der Waals surface area contributed by atoms with Crippen molar-refractivity contribution in [2.75, 3.05) is 56.6 Å². The van der Waals surface area contributed by atoms with Gasteiger partial charge in [0.1, 0.15) is 22.4 Å². The number of alkyl halides is 1. The van der Waals surface area contributed by atoms with E-state index in [-0.39, 0.29) is 65.9 Å². The number of carbonyl (C=O) groups excluding carboxylic acids is 3. The Morgan fingerprint density at radius 2 is 1.85 bits per heavy atom. The number of likely N-dealkylation sites (N-methyl/N-ethyl adjacent to an activating group) is 1. The molecule has 0 aliphatic carbocycles. The second kappa shape index (κ2) is 17.3. The SMILES string of the molecule is CNC(=O)COc1cc2cc(Nc3nc(N4CC[C@@H](CN5CCC(c6ccc7c(C8CCC(=O)NC8=O)nn(C)c7c6F)CC5)[C@@H](F)C4)ncc3Cl)cnc2n(C(C)C)c1=O. The molecule has 0 bridgehead atoms. The summed E-state index contributed by atoms with van der Waals surface area (Å²) >= 11 is 6.53. The molecule has 0 saturated carbocycles. The summed E-state index contributed by atoms with van der Waals surface area (Å²) in [6.45, 7) is 6.06. The quantitative estimate of drug-likeness (QED) is 0.154. The maximum absolute atomic E-state index is 16.1. The molecule has 1 aromatic carbocycles. The van der Waals surface area contributed by atoms with Gasteiger partial charge in [0.05, 0.1) is 36.2 Å². The number of benzene rings is 1. The number of carbonyl (C=O) groups is 3. The Balaban J connectivity index is 0.888. The third-order valence-electron chi connectivity index (χ3n) is 12.0. The number of halogens is 3. The highest BCUT2D eigenvalue weighted by molar-refractivity contribution is 6.33. The average Bonchev–Trinajstić information content (AvgIpc) is 3.58. The van der Waals surface area contributed by atoms with Crippen molar-refractivity contribution < 1.29 is 27.9 Å². The number of hydrogen-bond donors (Lipinski definition) is 3. The molecule has 3 N–H and O–H groups in total. The molecule has 3 atom stereocenters. The largest absolute Gasteiger partial charge is 0.478 e. The molecule has 3 fully saturated rings. The number of anilines is 3. The molecule has 3 amide bonds. The van der Waals surface area contributed by atoms with Crippen LogP contribution in [0.5, 0.6) is 5.75 Å². The van der Waals surface area contributed by atoms with Gasteiger partial charge < -0.3 is 25.2 Å². The van der Waals surface area contributed by atoms with Crippen LogP contribution in [-0.4, -0.2) is 104 Å². The van der Waals surface area contributed by atoms with Gasteiger partial charge >= 0.3 is 0 Å². The van der Waals surface area contributed by atoms with Crippen molar-refractivity contribution in [1.29, 1.82) is 0 Å². The number of pyridine rings is 2. The number of aromatic nitrogens is 6. The minimum atomic E-state index is -1.13. The van der Waals surface area contributed by atoms with Gasteiger partial charge in [0, 0.05) is 56.3 Å². The van der Waals surface area contributed by atoms with Crippen LogP contribution in [0.3, 0.4) is 0 Å². The number of nitrogens with one attached hydrogen (secondary N) is 3. The van der Waals surface area contributed by atoms with Crippen LogP contribution in [0.15, 0.2) is 41.5 Å². The van der Waals surface area contributed by atoms with Crippen molar-refractivity contribution >= 4 is 68.7 Å². The topological polar surface area (TPSA) is 181 Å². The summed E-state index contributed by atoms with van der Waals surface area (Å²) in [4.78, 5) is 67.0. The summed E-state index contributed by atoms with van der Waals surface area (Å²) in [5, 5.41) is 14.0. The van der Waals surface area contributed by atoms with E-state index in [1.54, 1.807) is 31.4 Å². The second-order valence-corrected chi connectivity index (χ2v) is 16.7. The van der Waals surface area contributed by atoms with E-state index in [9.17, 15) is 19.2 Å². The third kappa shape index (κ3) is 8.47. The first-order valence-corrected chi connectivity index (χ1v) is 21.0. The van der Waals surface area contributed by atoms with E-state index in [1.807, 2.05) is 24.8 Å². The number of nitrogens with zero attached hydrogens (tertiary/aromatic N) is 8. The molecule has 3 aliphatic rings. The van der Waals surface area contributed by atoms with Gasteiger partial charge in [0.2, 0.25) is 17.8 Å². The number of ether oxygens (including phenoxy) is 1. The fourth-order valence-electron chi connectivity index (χ4n) is 8.80. The molecule has 16 nitrogen and oxygen atoms in total. The normalized spacial score (nSPS) is 20.4. The average molecular weight is 860 g/mol. The molecular weight excluding hydrogens is 812 g/mol. The molecule has 0 radical (unpaired) electrons. The number of rotatable bonds is 11. The van der Waals surface area contributed by atoms with Gasteiger partial charge in [-0.25, -0.2) is 18.7 Å². The molecule has 8 rings (SSSR count). The molecule has 3 aliphatic heterocycles. The lowest BCUT2D eigenvalue weighted by Gasteiger charge is -2.39. The summed E-state index contributed by atoms with van der Waals surface area (Å²) in [5.74, 6) is -1.60. The van der Waals surface area contributed by atoms with Crippen LogP contribution in [0.1, 0.15) is 75.1 Å². The van der Waals surface area contributed by atoms with Gasteiger partial charge in [0.25, 0.3) is 11.5 Å². The summed E-state index contributed by atoms with van der Waals surface area (Å²) in [6, 6.07) is 6.72. The van der Waals surface area contributed by atoms with E-state index in [1.165, 1.54) is 22.5 Å². The van der Waals surface area contributed by atoms with Crippen LogP contribution in [0, 0.1) is 11.7 Å². The third-order valence-corrected chi connectivity index (χ3v) is 12.3. The van der Waals surface area contributed by atoms with E-state index < -0.39 is 23.6 Å². The summed E-state index contributed by atoms with van der Waals surface area (Å²) in [7, 11) is 3.15. The van der Waals surface area contributed by atoms with Crippen LogP contribution in [-0.2, 0) is 21.4 Å². The number of hydrogen-bond acceptors (Lipinski definition) is 12. The molecule has 322 valence electrons. The first-order valence-electron chi connectivity index (χ1n) is 20.6. The van der Waals surface area contributed by atoms with Gasteiger partial charge in [-0.05, 0) is 76.2 Å². The Morgan fingerprint density at radius 3 is 2.57 bits per heavy atom. The first-order chi connectivity index (χ1) is 29.3. The Kier molecular flexibility index (Phi) is 11.9. The zero-order valence-corrected chi connectivity index (χ0v) is 35.1. The van der Waals surface area contributed by atoms with E-state index >= 15 is 8.78 Å². The Labute approximate surface area is 355 Å². The summed E-state index contributed by atoms with van der Waals surface area (Å²) in [6.07, 6.45) is 4.49. The van der Waals surface area contributed by atoms with E-state index in [2.05, 4.69) is 40.9 Å². The number of fused-ring (bicyclic) bond motifs is 2. The molecule has 7 heterocycles. The summed E-state index contributed by atoms with van der Waals surface area (Å²) < 4.78 is 40.6. The van der Waals surface area contributed by atoms with Crippen LogP contribution >= 0.6 is 11.6 Å². The van der Waals surface area contributed by atoms with E-state index in [0.29, 0.717) is 89.7 Å². The fraction of sp³-hybridized carbons (Fsp3) is 0.476. The standard InChI is InChI=1S/C42H48ClF2N11O5/c1-22(2)56-39-25(16-32(41(56)60)61-21-34(58)46-3)15-26(17-47-39)49-38-30(43)18-48-42(51-38)55-14-11-24(31(44)20-55)19-54-12-9-23(10-13-54)27-5-6-28-36(52-53(4)37(28)35(27)45)29-7-8-33(57)50-40(29)59/h5-6,15-18,22-24,29,31H,7-14,19-21H2,1-4H3,(H,46,58)(H,48,49,51)(H,50,57,59)/t24-,29?,31-/m0/s1. The maximum Gasteiger partial charge on any atom is 0.294 e. The minimum Gasteiger partial charge on any atom is -0.478 e. The van der Waals surface area contributed by atoms with Gasteiger partial charge in [0.15, 0.2) is 24.0 Å². The van der Waals surface area contributed by atoms with Gasteiger partial charge in [-0.1, -0.05) is 23.7 Å². The molecule has 61 heavy (non-hydrogen) atoms. The maximum atomic E-state index is 16.1. The van der Waals surface area contributed by atoms with Crippen molar-refractivity contribution in [3.05, 3.63) is 69.1 Å². The lowest BCUT2D eigenvalue weighted by Crippen LogP contribution is -2.47. The Hall–Kier alpha value is -5.75. The van der Waals surface area contributed by atoms with E-state index in [4.69, 9.17) is 16.3 Å². The van der Waals surface area contributed by atoms with Crippen LogP contribution in [0.25, 0.3) is 21.9 Å². The Bertz CT molecular complexity index is 2580. The molecule has 5 aromatic rings. The number of piperidine rings is 3. The smallest absolute Gasteiger partial charge is 0.294 e. The van der Waals surface area contributed by atoms with Gasteiger partial charge in [-0.3, -0.25) is 33.7 Å². The lowest BCUT2D eigenvalue weighted by molar-refractivity contribution is -0.134. The molecule has 3 saturated heterocycles. The van der Waals surface area contributed by atoms with Crippen molar-refractivity contribution in [2.24, 2.45) is 13.0 Å². The monoisotopic (exact) mass is 859 g/mol. The van der Waals surface area contributed by atoms with Crippen molar-refractivity contribution in [3.8, 4) is 5.75 Å². The van der Waals surface area contributed by atoms with Crippen molar-refractivity contribution in [3.63, 3.8) is 0 Å². The summed E-state index contributed by atoms with van der Waals surface area (Å²) in [5.41, 5.74) is 2.01. The molecule has 0 spiro atoms. The predicted octanol–water partition coefficient (Wildman–Crippen LogP) is 4.88. The number of likely N-dealkylation sites (tertiary alicyclic amines) is 1. The molecule has 19 heteroatoms.